The predicted molar refractivity (Wildman–Crippen MR) is 122 cm³/mol. The number of benzene rings is 1. The van der Waals surface area contributed by atoms with Crippen LogP contribution in [0.4, 0.5) is 0 Å². The van der Waals surface area contributed by atoms with E-state index in [1.54, 1.807) is 6.08 Å². The second-order valence-electron chi connectivity index (χ2n) is 8.72. The van der Waals surface area contributed by atoms with Gasteiger partial charge in [-0.05, 0) is 49.5 Å². The Bertz CT molecular complexity index is 753. The quantitative estimate of drug-likeness (QED) is 0.308. The Morgan fingerprint density at radius 2 is 1.75 bits per heavy atom. The number of carbonyl (C=O) groups excluding carboxylic acids is 1. The third kappa shape index (κ3) is 7.01. The summed E-state index contributed by atoms with van der Waals surface area (Å²) in [6, 6.07) is 10.3. The Kier molecular flexibility index (Phi) is 9.48. The third-order valence-corrected chi connectivity index (χ3v) is 6.68. The number of methoxy groups -OCH3 is 1. The molecule has 0 amide bonds. The van der Waals surface area contributed by atoms with Crippen LogP contribution < -0.4 is 0 Å². The largest absolute Gasteiger partial charge is 0.466 e. The summed E-state index contributed by atoms with van der Waals surface area (Å²) in [6.07, 6.45) is 10.9. The van der Waals surface area contributed by atoms with Crippen molar-refractivity contribution >= 4 is 5.97 Å². The van der Waals surface area contributed by atoms with Crippen LogP contribution in [0.5, 0.6) is 0 Å². The first kappa shape index (κ1) is 24.6. The molecule has 6 heteroatoms. The molecule has 1 aromatic carbocycles. The van der Waals surface area contributed by atoms with Gasteiger partial charge in [0.1, 0.15) is 0 Å². The smallest absolute Gasteiger partial charge is 0.330 e. The lowest BCUT2D eigenvalue weighted by Gasteiger charge is -2.31. The second kappa shape index (κ2) is 12.3. The lowest BCUT2D eigenvalue weighted by atomic mass is 9.84. The van der Waals surface area contributed by atoms with Crippen LogP contribution >= 0.6 is 0 Å². The van der Waals surface area contributed by atoms with Gasteiger partial charge in [-0.15, -0.1) is 0 Å². The molecule has 1 aromatic rings. The first-order chi connectivity index (χ1) is 15.5. The molecule has 0 bridgehead atoms. The van der Waals surface area contributed by atoms with Crippen molar-refractivity contribution in [3.05, 3.63) is 60.2 Å². The van der Waals surface area contributed by atoms with Gasteiger partial charge in [-0.3, -0.25) is 0 Å². The van der Waals surface area contributed by atoms with Gasteiger partial charge in [0.25, 0.3) is 0 Å². The molecular formula is C26H36O6. The number of allylic oxidation sites excluding steroid dienone is 3. The summed E-state index contributed by atoms with van der Waals surface area (Å²) in [5.74, 6) is -0.939. The van der Waals surface area contributed by atoms with E-state index in [4.69, 9.17) is 9.47 Å². The minimum atomic E-state index is -0.605. The van der Waals surface area contributed by atoms with Crippen molar-refractivity contribution in [2.24, 2.45) is 11.8 Å². The molecule has 2 aliphatic rings. The number of rotatable bonds is 11. The molecule has 1 saturated carbocycles. The number of hydrogen-bond acceptors (Lipinski definition) is 6. The first-order valence-corrected chi connectivity index (χ1v) is 11.6. The Morgan fingerprint density at radius 3 is 2.44 bits per heavy atom. The topological polar surface area (TPSA) is 85.2 Å². The molecule has 0 radical (unpaired) electrons. The lowest BCUT2D eigenvalue weighted by Crippen LogP contribution is -2.33. The molecule has 2 N–H and O–H groups in total. The van der Waals surface area contributed by atoms with Crippen molar-refractivity contribution in [1.82, 2.24) is 0 Å². The molecular weight excluding hydrogens is 408 g/mol. The number of aliphatic hydroxyl groups excluding tert-OH is 2. The fraction of sp³-hybridized carbons (Fsp3) is 0.577. The summed E-state index contributed by atoms with van der Waals surface area (Å²) in [6.45, 7) is 1.19. The first-order valence-electron chi connectivity index (χ1n) is 11.6. The third-order valence-electron chi connectivity index (χ3n) is 6.68. The van der Waals surface area contributed by atoms with E-state index in [-0.39, 0.29) is 17.8 Å². The van der Waals surface area contributed by atoms with E-state index in [0.717, 1.165) is 32.1 Å². The fourth-order valence-electron chi connectivity index (χ4n) is 4.92. The van der Waals surface area contributed by atoms with E-state index in [1.165, 1.54) is 18.7 Å². The van der Waals surface area contributed by atoms with Crippen LogP contribution in [0.2, 0.25) is 0 Å². The summed E-state index contributed by atoms with van der Waals surface area (Å²) in [5.41, 5.74) is 1.26. The summed E-state index contributed by atoms with van der Waals surface area (Å²) in [4.78, 5) is 11.1. The normalized spacial score (nSPS) is 27.5. The number of ether oxygens (including phenoxy) is 3. The molecule has 1 heterocycles. The van der Waals surface area contributed by atoms with Crippen LogP contribution in [0, 0.1) is 11.8 Å². The highest BCUT2D eigenvalue weighted by Gasteiger charge is 2.43. The molecule has 0 unspecified atom stereocenters. The molecule has 1 aliphatic heterocycles. The summed E-state index contributed by atoms with van der Waals surface area (Å²) in [7, 11) is 1.34. The summed E-state index contributed by atoms with van der Waals surface area (Å²) >= 11 is 0. The van der Waals surface area contributed by atoms with Crippen molar-refractivity contribution in [1.29, 1.82) is 0 Å². The fourth-order valence-corrected chi connectivity index (χ4v) is 4.92. The van der Waals surface area contributed by atoms with E-state index in [9.17, 15) is 15.0 Å². The standard InChI is InChI=1S/C26H36O6/c1-30-25(29)12-8-3-2-7-11-21-22(24(28)19-23(21)27)14-16-26(31-17-18-32-26)15-13-20-9-5-4-6-10-20/h2-6,8-10,12,21-24,27-28H,7,11,13-19H2,1H3/b3-2-,12-8?/t21-,22-,23+,24-/m1/s1. The van der Waals surface area contributed by atoms with E-state index < -0.39 is 18.0 Å². The molecule has 3 rings (SSSR count). The van der Waals surface area contributed by atoms with Gasteiger partial charge in [0.15, 0.2) is 5.79 Å². The molecule has 32 heavy (non-hydrogen) atoms. The monoisotopic (exact) mass is 444 g/mol. The van der Waals surface area contributed by atoms with Gasteiger partial charge in [0.05, 0.1) is 32.5 Å². The maximum atomic E-state index is 11.1. The van der Waals surface area contributed by atoms with Crippen molar-refractivity contribution < 1.29 is 29.2 Å². The van der Waals surface area contributed by atoms with Crippen molar-refractivity contribution in [2.45, 2.75) is 62.9 Å². The van der Waals surface area contributed by atoms with Crippen LogP contribution in [0.25, 0.3) is 0 Å². The van der Waals surface area contributed by atoms with Gasteiger partial charge in [-0.25, -0.2) is 4.79 Å². The van der Waals surface area contributed by atoms with E-state index in [0.29, 0.717) is 26.1 Å². The highest BCUT2D eigenvalue weighted by molar-refractivity contribution is 5.82. The van der Waals surface area contributed by atoms with Gasteiger partial charge in [0.2, 0.25) is 0 Å². The zero-order valence-corrected chi connectivity index (χ0v) is 18.9. The summed E-state index contributed by atoms with van der Waals surface area (Å²) < 4.78 is 16.7. The Balaban J connectivity index is 1.53. The van der Waals surface area contributed by atoms with E-state index >= 15 is 0 Å². The number of hydrogen-bond donors (Lipinski definition) is 2. The molecule has 1 saturated heterocycles. The summed E-state index contributed by atoms with van der Waals surface area (Å²) in [5, 5.41) is 21.1. The average molecular weight is 445 g/mol. The van der Waals surface area contributed by atoms with Crippen molar-refractivity contribution in [2.75, 3.05) is 20.3 Å². The minimum Gasteiger partial charge on any atom is -0.466 e. The van der Waals surface area contributed by atoms with Gasteiger partial charge in [-0.1, -0.05) is 48.6 Å². The molecule has 0 aromatic heterocycles. The number of esters is 1. The maximum Gasteiger partial charge on any atom is 0.330 e. The highest BCUT2D eigenvalue weighted by atomic mass is 16.7. The van der Waals surface area contributed by atoms with Gasteiger partial charge in [-0.2, -0.15) is 0 Å². The van der Waals surface area contributed by atoms with Gasteiger partial charge >= 0.3 is 5.97 Å². The zero-order valence-electron chi connectivity index (χ0n) is 18.9. The number of aryl methyl sites for hydroxylation is 1. The molecule has 2 fully saturated rings. The van der Waals surface area contributed by atoms with Crippen molar-refractivity contribution in [3.8, 4) is 0 Å². The molecule has 176 valence electrons. The zero-order chi connectivity index (χ0) is 22.8. The Labute approximate surface area is 190 Å². The maximum absolute atomic E-state index is 11.1. The molecule has 6 nitrogen and oxygen atoms in total. The average Bonchev–Trinajstić information content (AvgIpc) is 3.38. The van der Waals surface area contributed by atoms with E-state index in [2.05, 4.69) is 16.9 Å². The van der Waals surface area contributed by atoms with E-state index in [1.807, 2.05) is 30.4 Å². The Morgan fingerprint density at radius 1 is 1.06 bits per heavy atom. The van der Waals surface area contributed by atoms with Crippen molar-refractivity contribution in [3.63, 3.8) is 0 Å². The van der Waals surface area contributed by atoms with Crippen LogP contribution in [0.3, 0.4) is 0 Å². The lowest BCUT2D eigenvalue weighted by molar-refractivity contribution is -0.170. The van der Waals surface area contributed by atoms with Gasteiger partial charge in [0, 0.05) is 18.9 Å². The van der Waals surface area contributed by atoms with Crippen LogP contribution in [0.1, 0.15) is 44.1 Å². The number of aliphatic hydroxyl groups is 2. The molecule has 1 aliphatic carbocycles. The molecule has 0 spiro atoms. The Hall–Kier alpha value is -1.99. The molecule has 4 atom stereocenters. The predicted octanol–water partition coefficient (Wildman–Crippen LogP) is 3.57. The van der Waals surface area contributed by atoms with Gasteiger partial charge < -0.3 is 24.4 Å². The van der Waals surface area contributed by atoms with Crippen LogP contribution in [-0.2, 0) is 25.4 Å². The second-order valence-corrected chi connectivity index (χ2v) is 8.72. The minimum absolute atomic E-state index is 0.0189. The van der Waals surface area contributed by atoms with Crippen LogP contribution in [-0.4, -0.2) is 54.5 Å². The number of carbonyl (C=O) groups is 1. The SMILES string of the molecule is COC(=O)C=C/C=C\CC[C@@H]1[C@@H](CCC2(CCc3ccccc3)OCCO2)[C@H](O)C[C@@H]1O. The van der Waals surface area contributed by atoms with Crippen LogP contribution in [0.15, 0.2) is 54.6 Å². The highest BCUT2D eigenvalue weighted by Crippen LogP contribution is 2.41.